The van der Waals surface area contributed by atoms with Gasteiger partial charge < -0.3 is 5.11 Å². The lowest BCUT2D eigenvalue weighted by Gasteiger charge is -2.06. The molecular weight excluding hydrogens is 454 g/mol. The number of hydrogen-bond acceptors (Lipinski definition) is 7. The molecular formula is C17H10BrN3O4S2. The fraction of sp³-hybridized carbons (Fsp3) is 0. The number of thiocarbonyl (C=S) groups is 1. The lowest BCUT2D eigenvalue weighted by molar-refractivity contribution is -0.384. The molecule has 0 saturated carbocycles. The molecule has 0 aliphatic carbocycles. The Bertz CT molecular complexity index is 1020. The molecule has 0 unspecified atom stereocenters. The van der Waals surface area contributed by atoms with Crippen LogP contribution in [0.15, 0.2) is 56.9 Å². The maximum atomic E-state index is 12.5. The van der Waals surface area contributed by atoms with Crippen LogP contribution < -0.4 is 0 Å². The number of thioether (sulfide) groups is 1. The van der Waals surface area contributed by atoms with E-state index in [1.54, 1.807) is 6.08 Å². The van der Waals surface area contributed by atoms with Gasteiger partial charge in [0.25, 0.3) is 11.6 Å². The number of phenols is 1. The first kappa shape index (κ1) is 19.2. The van der Waals surface area contributed by atoms with Crippen LogP contribution in [0.25, 0.3) is 6.08 Å². The number of halogens is 1. The van der Waals surface area contributed by atoms with Crippen molar-refractivity contribution < 1.29 is 14.8 Å². The molecule has 10 heteroatoms. The predicted molar refractivity (Wildman–Crippen MR) is 112 cm³/mol. The number of hydrazone groups is 1. The SMILES string of the molecule is O=C1/C(=C/c2cccc(Br)c2)SC(=S)N1N=Cc1cc([N+](=O)[O-])ccc1O. The summed E-state index contributed by atoms with van der Waals surface area (Å²) in [7, 11) is 0. The molecule has 1 saturated heterocycles. The summed E-state index contributed by atoms with van der Waals surface area (Å²) in [5, 5.41) is 25.7. The third kappa shape index (κ3) is 4.41. The van der Waals surface area contributed by atoms with Crippen molar-refractivity contribution in [3.8, 4) is 5.75 Å². The summed E-state index contributed by atoms with van der Waals surface area (Å²) in [6.07, 6.45) is 2.86. The number of rotatable bonds is 4. The molecule has 2 aromatic carbocycles. The maximum absolute atomic E-state index is 12.5. The van der Waals surface area contributed by atoms with Crippen molar-refractivity contribution in [1.29, 1.82) is 0 Å². The van der Waals surface area contributed by atoms with Crippen LogP contribution in [0.4, 0.5) is 5.69 Å². The number of carbonyl (C=O) groups is 1. The smallest absolute Gasteiger partial charge is 0.286 e. The number of benzene rings is 2. The monoisotopic (exact) mass is 463 g/mol. The largest absolute Gasteiger partial charge is 0.507 e. The molecule has 1 aliphatic rings. The van der Waals surface area contributed by atoms with Crippen LogP contribution in [0.5, 0.6) is 5.75 Å². The molecule has 0 bridgehead atoms. The summed E-state index contributed by atoms with van der Waals surface area (Å²) >= 11 is 9.66. The Morgan fingerprint density at radius 1 is 1.30 bits per heavy atom. The first-order chi connectivity index (χ1) is 12.8. The molecule has 1 amide bonds. The highest BCUT2D eigenvalue weighted by molar-refractivity contribution is 9.10. The summed E-state index contributed by atoms with van der Waals surface area (Å²) in [6.45, 7) is 0. The highest BCUT2D eigenvalue weighted by atomic mass is 79.9. The average molecular weight is 464 g/mol. The van der Waals surface area contributed by atoms with Crippen molar-refractivity contribution in [3.05, 3.63) is 73.1 Å². The number of nitro groups is 1. The molecule has 27 heavy (non-hydrogen) atoms. The number of carbonyl (C=O) groups excluding carboxylic acids is 1. The van der Waals surface area contributed by atoms with E-state index in [9.17, 15) is 20.0 Å². The Morgan fingerprint density at radius 2 is 2.07 bits per heavy atom. The van der Waals surface area contributed by atoms with Gasteiger partial charge in [0.1, 0.15) is 5.75 Å². The highest BCUT2D eigenvalue weighted by Crippen LogP contribution is 2.33. The van der Waals surface area contributed by atoms with Gasteiger partial charge in [0, 0.05) is 22.2 Å². The van der Waals surface area contributed by atoms with E-state index in [1.807, 2.05) is 24.3 Å². The summed E-state index contributed by atoms with van der Waals surface area (Å²) in [5.74, 6) is -0.606. The van der Waals surface area contributed by atoms with Gasteiger partial charge >= 0.3 is 0 Å². The van der Waals surface area contributed by atoms with E-state index in [-0.39, 0.29) is 21.3 Å². The van der Waals surface area contributed by atoms with Crippen molar-refractivity contribution in [1.82, 2.24) is 5.01 Å². The van der Waals surface area contributed by atoms with E-state index in [1.165, 1.54) is 12.1 Å². The van der Waals surface area contributed by atoms with E-state index < -0.39 is 10.8 Å². The van der Waals surface area contributed by atoms with Gasteiger partial charge in [-0.3, -0.25) is 14.9 Å². The molecule has 2 aromatic rings. The van der Waals surface area contributed by atoms with Crippen LogP contribution >= 0.6 is 39.9 Å². The molecule has 1 N–H and O–H groups in total. The lowest BCUT2D eigenvalue weighted by atomic mass is 10.2. The molecule has 0 radical (unpaired) electrons. The minimum atomic E-state index is -0.586. The zero-order valence-electron chi connectivity index (χ0n) is 13.4. The van der Waals surface area contributed by atoms with Gasteiger partial charge in [0.2, 0.25) is 0 Å². The number of nitrogens with zero attached hydrogens (tertiary/aromatic N) is 3. The van der Waals surface area contributed by atoms with Crippen LogP contribution in [0.2, 0.25) is 0 Å². The predicted octanol–water partition coefficient (Wildman–Crippen LogP) is 4.30. The van der Waals surface area contributed by atoms with Gasteiger partial charge in [-0.2, -0.15) is 10.1 Å². The molecule has 0 aromatic heterocycles. The number of nitro benzene ring substituents is 1. The Balaban J connectivity index is 1.85. The van der Waals surface area contributed by atoms with Crippen LogP contribution in [0.1, 0.15) is 11.1 Å². The summed E-state index contributed by atoms with van der Waals surface area (Å²) in [4.78, 5) is 23.2. The van der Waals surface area contributed by atoms with Crippen molar-refractivity contribution in [2.75, 3.05) is 0 Å². The third-order valence-electron chi connectivity index (χ3n) is 3.45. The summed E-state index contributed by atoms with van der Waals surface area (Å²) < 4.78 is 1.10. The van der Waals surface area contributed by atoms with Gasteiger partial charge in [-0.05, 0) is 42.1 Å². The van der Waals surface area contributed by atoms with E-state index >= 15 is 0 Å². The highest BCUT2D eigenvalue weighted by Gasteiger charge is 2.32. The Labute approximate surface area is 171 Å². The Hall–Kier alpha value is -2.56. The number of non-ortho nitro benzene ring substituents is 1. The van der Waals surface area contributed by atoms with Crippen molar-refractivity contribution >= 4 is 68.1 Å². The van der Waals surface area contributed by atoms with Gasteiger partial charge in [-0.25, -0.2) is 0 Å². The van der Waals surface area contributed by atoms with Gasteiger partial charge in [0.15, 0.2) is 4.32 Å². The van der Waals surface area contributed by atoms with E-state index in [0.29, 0.717) is 4.91 Å². The summed E-state index contributed by atoms with van der Waals surface area (Å²) in [5.41, 5.74) is 0.730. The Morgan fingerprint density at radius 3 is 2.78 bits per heavy atom. The second-order valence-corrected chi connectivity index (χ2v) is 7.88. The number of amides is 1. The normalized spacial score (nSPS) is 15.9. The summed E-state index contributed by atoms with van der Waals surface area (Å²) in [6, 6.07) is 11.0. The minimum Gasteiger partial charge on any atom is -0.507 e. The van der Waals surface area contributed by atoms with Gasteiger partial charge in [-0.1, -0.05) is 39.8 Å². The van der Waals surface area contributed by atoms with E-state index in [2.05, 4.69) is 21.0 Å². The molecule has 136 valence electrons. The van der Waals surface area contributed by atoms with Gasteiger partial charge in [0.05, 0.1) is 16.0 Å². The zero-order valence-corrected chi connectivity index (χ0v) is 16.6. The standard InChI is InChI=1S/C17H10BrN3O4S2/c18-12-3-1-2-10(6-12)7-15-16(23)20(17(26)27-15)19-9-11-8-13(21(24)25)4-5-14(11)22/h1-9,22H/b15-7-,19-9?. The quantitative estimate of drug-likeness (QED) is 0.238. The molecule has 1 aliphatic heterocycles. The topological polar surface area (TPSA) is 96.0 Å². The fourth-order valence-corrected chi connectivity index (χ4v) is 3.78. The van der Waals surface area contributed by atoms with Crippen molar-refractivity contribution in [2.24, 2.45) is 5.10 Å². The molecule has 0 atom stereocenters. The first-order valence-corrected chi connectivity index (χ1v) is 9.42. The van der Waals surface area contributed by atoms with E-state index in [4.69, 9.17) is 12.2 Å². The van der Waals surface area contributed by atoms with E-state index in [0.717, 1.165) is 39.1 Å². The van der Waals surface area contributed by atoms with Crippen molar-refractivity contribution in [2.45, 2.75) is 0 Å². The maximum Gasteiger partial charge on any atom is 0.286 e. The fourth-order valence-electron chi connectivity index (χ4n) is 2.19. The van der Waals surface area contributed by atoms with Crippen LogP contribution in [-0.4, -0.2) is 31.5 Å². The van der Waals surface area contributed by atoms with Crippen LogP contribution in [0, 0.1) is 10.1 Å². The minimum absolute atomic E-state index is 0.106. The molecule has 7 nitrogen and oxygen atoms in total. The second kappa shape index (κ2) is 7.99. The number of phenolic OH excluding ortho intramolecular Hbond substituents is 1. The van der Waals surface area contributed by atoms with Crippen LogP contribution in [0.3, 0.4) is 0 Å². The first-order valence-electron chi connectivity index (χ1n) is 7.40. The van der Waals surface area contributed by atoms with Crippen molar-refractivity contribution in [3.63, 3.8) is 0 Å². The lowest BCUT2D eigenvalue weighted by Crippen LogP contribution is -2.22. The average Bonchev–Trinajstić information content (AvgIpc) is 2.87. The number of aromatic hydroxyl groups is 1. The second-order valence-electron chi connectivity index (χ2n) is 5.29. The zero-order chi connectivity index (χ0) is 19.6. The van der Waals surface area contributed by atoms with Crippen LogP contribution in [-0.2, 0) is 4.79 Å². The van der Waals surface area contributed by atoms with Gasteiger partial charge in [-0.15, -0.1) is 0 Å². The molecule has 3 rings (SSSR count). The Kier molecular flexibility index (Phi) is 5.68. The molecule has 1 heterocycles. The molecule has 0 spiro atoms. The molecule has 1 fully saturated rings. The number of hydrogen-bond donors (Lipinski definition) is 1. The third-order valence-corrected chi connectivity index (χ3v) is 5.23.